The number of carbonyl (C=O) groups excluding carboxylic acids is 2. The van der Waals surface area contributed by atoms with E-state index in [0.717, 1.165) is 5.56 Å². The zero-order valence-corrected chi connectivity index (χ0v) is 15.2. The van der Waals surface area contributed by atoms with Crippen molar-refractivity contribution in [3.8, 4) is 11.4 Å². The number of hydrogen-bond donors (Lipinski definition) is 1. The van der Waals surface area contributed by atoms with Gasteiger partial charge in [0.25, 0.3) is 0 Å². The van der Waals surface area contributed by atoms with Crippen LogP contribution in [0.2, 0.25) is 5.02 Å². The number of nitrogens with one attached hydrogen (secondary N) is 1. The highest BCUT2D eigenvalue weighted by molar-refractivity contribution is 7.99. The summed E-state index contributed by atoms with van der Waals surface area (Å²) in [6.45, 7) is -0.0178. The first-order chi connectivity index (χ1) is 11.4. The second-order valence-electron chi connectivity index (χ2n) is 5.20. The number of benzene rings is 1. The number of aromatic nitrogens is 3. The first-order valence-electron chi connectivity index (χ1n) is 7.14. The number of amides is 2. The van der Waals surface area contributed by atoms with Crippen LogP contribution in [0.3, 0.4) is 0 Å². The van der Waals surface area contributed by atoms with E-state index >= 15 is 0 Å². The first kappa shape index (κ1) is 18.3. The van der Waals surface area contributed by atoms with Gasteiger partial charge in [-0.3, -0.25) is 9.59 Å². The van der Waals surface area contributed by atoms with Crippen molar-refractivity contribution in [3.63, 3.8) is 0 Å². The normalized spacial score (nSPS) is 10.5. The van der Waals surface area contributed by atoms with Gasteiger partial charge in [-0.1, -0.05) is 35.5 Å². The number of likely N-dealkylation sites (N-methyl/N-ethyl adjacent to an activating group) is 1. The van der Waals surface area contributed by atoms with Gasteiger partial charge in [0.15, 0.2) is 11.0 Å². The number of carbonyl (C=O) groups is 2. The predicted molar refractivity (Wildman–Crippen MR) is 93.9 cm³/mol. The van der Waals surface area contributed by atoms with Gasteiger partial charge in [0.2, 0.25) is 11.8 Å². The summed E-state index contributed by atoms with van der Waals surface area (Å²) in [5, 5.41) is 12.0. The highest BCUT2D eigenvalue weighted by Crippen LogP contribution is 2.28. The molecule has 0 saturated heterocycles. The second kappa shape index (κ2) is 8.16. The molecule has 2 aromatic rings. The third-order valence-corrected chi connectivity index (χ3v) is 4.57. The highest BCUT2D eigenvalue weighted by Gasteiger charge is 2.15. The molecule has 1 aromatic heterocycles. The van der Waals surface area contributed by atoms with Crippen LogP contribution in [0.5, 0.6) is 0 Å². The fourth-order valence-corrected chi connectivity index (χ4v) is 2.79. The Morgan fingerprint density at radius 3 is 2.67 bits per heavy atom. The number of nitrogens with zero attached hydrogens (tertiary/aromatic N) is 4. The van der Waals surface area contributed by atoms with Crippen LogP contribution >= 0.6 is 23.4 Å². The van der Waals surface area contributed by atoms with Crippen molar-refractivity contribution in [2.75, 3.05) is 26.4 Å². The van der Waals surface area contributed by atoms with E-state index in [-0.39, 0.29) is 24.1 Å². The van der Waals surface area contributed by atoms with E-state index in [4.69, 9.17) is 11.6 Å². The summed E-state index contributed by atoms with van der Waals surface area (Å²) in [6, 6.07) is 7.36. The lowest BCUT2D eigenvalue weighted by Crippen LogP contribution is -2.37. The van der Waals surface area contributed by atoms with Crippen LogP contribution in [0.4, 0.5) is 0 Å². The SMILES string of the molecule is CN(C)C(=O)CNC(=O)CSc1nnc(-c2ccccc2Cl)n1C. The quantitative estimate of drug-likeness (QED) is 0.781. The molecule has 2 amide bonds. The molecule has 1 heterocycles. The Hall–Kier alpha value is -2.06. The fraction of sp³-hybridized carbons (Fsp3) is 0.333. The Morgan fingerprint density at radius 2 is 2.00 bits per heavy atom. The van der Waals surface area contributed by atoms with E-state index in [1.165, 1.54) is 16.7 Å². The summed E-state index contributed by atoms with van der Waals surface area (Å²) in [7, 11) is 5.09. The molecule has 0 saturated carbocycles. The van der Waals surface area contributed by atoms with Crippen molar-refractivity contribution in [1.29, 1.82) is 0 Å². The van der Waals surface area contributed by atoms with Crippen LogP contribution in [0, 0.1) is 0 Å². The monoisotopic (exact) mass is 367 g/mol. The molecule has 128 valence electrons. The van der Waals surface area contributed by atoms with Crippen LogP contribution < -0.4 is 5.32 Å². The molecule has 0 aliphatic rings. The molecule has 9 heteroatoms. The summed E-state index contributed by atoms with van der Waals surface area (Å²) in [5.74, 6) is 0.381. The Bertz CT molecular complexity index is 747. The minimum atomic E-state index is -0.238. The van der Waals surface area contributed by atoms with E-state index in [0.29, 0.717) is 16.0 Å². The van der Waals surface area contributed by atoms with Gasteiger partial charge in [-0.15, -0.1) is 10.2 Å². The van der Waals surface area contributed by atoms with Crippen LogP contribution in [0.1, 0.15) is 0 Å². The lowest BCUT2D eigenvalue weighted by atomic mass is 10.2. The molecule has 0 atom stereocenters. The highest BCUT2D eigenvalue weighted by atomic mass is 35.5. The molecule has 2 rings (SSSR count). The van der Waals surface area contributed by atoms with Crippen molar-refractivity contribution >= 4 is 35.2 Å². The van der Waals surface area contributed by atoms with Crippen LogP contribution in [0.15, 0.2) is 29.4 Å². The number of rotatable bonds is 6. The van der Waals surface area contributed by atoms with E-state index < -0.39 is 0 Å². The van der Waals surface area contributed by atoms with Gasteiger partial charge in [-0.25, -0.2) is 0 Å². The fourth-order valence-electron chi connectivity index (χ4n) is 1.83. The second-order valence-corrected chi connectivity index (χ2v) is 6.55. The summed E-state index contributed by atoms with van der Waals surface area (Å²) in [5.41, 5.74) is 0.780. The maximum absolute atomic E-state index is 11.8. The standard InChI is InChI=1S/C15H18ClN5O2S/c1-20(2)13(23)8-17-12(22)9-24-15-19-18-14(21(15)3)10-6-4-5-7-11(10)16/h4-7H,8-9H2,1-3H3,(H,17,22). The third-order valence-electron chi connectivity index (χ3n) is 3.22. The van der Waals surface area contributed by atoms with Crippen molar-refractivity contribution in [1.82, 2.24) is 25.0 Å². The average molecular weight is 368 g/mol. The van der Waals surface area contributed by atoms with Gasteiger partial charge in [0.05, 0.1) is 17.3 Å². The largest absolute Gasteiger partial charge is 0.347 e. The number of halogens is 1. The Kier molecular flexibility index (Phi) is 6.22. The van der Waals surface area contributed by atoms with Crippen LogP contribution in [-0.4, -0.2) is 57.9 Å². The molecule has 0 spiro atoms. The molecular weight excluding hydrogens is 350 g/mol. The summed E-state index contributed by atoms with van der Waals surface area (Å²) < 4.78 is 1.78. The molecule has 0 radical (unpaired) electrons. The molecular formula is C15H18ClN5O2S. The Labute approximate surface area is 149 Å². The minimum Gasteiger partial charge on any atom is -0.347 e. The van der Waals surface area contributed by atoms with Crippen molar-refractivity contribution in [2.45, 2.75) is 5.16 Å². The molecule has 0 bridgehead atoms. The van der Waals surface area contributed by atoms with E-state index in [1.54, 1.807) is 24.7 Å². The molecule has 1 N–H and O–H groups in total. The molecule has 0 unspecified atom stereocenters. The van der Waals surface area contributed by atoms with Gasteiger partial charge in [0, 0.05) is 26.7 Å². The van der Waals surface area contributed by atoms with Gasteiger partial charge >= 0.3 is 0 Å². The molecule has 1 aromatic carbocycles. The number of hydrogen-bond acceptors (Lipinski definition) is 5. The molecule has 7 nitrogen and oxygen atoms in total. The third kappa shape index (κ3) is 4.48. The lowest BCUT2D eigenvalue weighted by molar-refractivity contribution is -0.130. The summed E-state index contributed by atoms with van der Waals surface area (Å²) in [4.78, 5) is 24.7. The molecule has 0 fully saturated rings. The van der Waals surface area contributed by atoms with Crippen LogP contribution in [-0.2, 0) is 16.6 Å². The van der Waals surface area contributed by atoms with Gasteiger partial charge < -0.3 is 14.8 Å². The van der Waals surface area contributed by atoms with Gasteiger partial charge in [-0.2, -0.15) is 0 Å². The van der Waals surface area contributed by atoms with Gasteiger partial charge in [-0.05, 0) is 12.1 Å². The van der Waals surface area contributed by atoms with E-state index in [1.807, 2.05) is 25.2 Å². The van der Waals surface area contributed by atoms with Crippen LogP contribution in [0.25, 0.3) is 11.4 Å². The average Bonchev–Trinajstić information content (AvgIpc) is 2.91. The van der Waals surface area contributed by atoms with Crippen molar-refractivity contribution in [3.05, 3.63) is 29.3 Å². The molecule has 24 heavy (non-hydrogen) atoms. The van der Waals surface area contributed by atoms with E-state index in [2.05, 4.69) is 15.5 Å². The summed E-state index contributed by atoms with van der Waals surface area (Å²) >= 11 is 7.42. The predicted octanol–water partition coefficient (Wildman–Crippen LogP) is 1.43. The maximum Gasteiger partial charge on any atom is 0.241 e. The zero-order chi connectivity index (χ0) is 17.7. The lowest BCUT2D eigenvalue weighted by Gasteiger charge is -2.10. The maximum atomic E-state index is 11.8. The summed E-state index contributed by atoms with van der Waals surface area (Å²) in [6.07, 6.45) is 0. The zero-order valence-electron chi connectivity index (χ0n) is 13.6. The Morgan fingerprint density at radius 1 is 1.29 bits per heavy atom. The first-order valence-corrected chi connectivity index (χ1v) is 8.50. The van der Waals surface area contributed by atoms with Crippen molar-refractivity contribution in [2.24, 2.45) is 7.05 Å². The Balaban J connectivity index is 1.96. The smallest absolute Gasteiger partial charge is 0.241 e. The van der Waals surface area contributed by atoms with Crippen molar-refractivity contribution < 1.29 is 9.59 Å². The number of thioether (sulfide) groups is 1. The molecule has 0 aliphatic heterocycles. The van der Waals surface area contributed by atoms with E-state index in [9.17, 15) is 9.59 Å². The minimum absolute atomic E-state index is 0.0178. The van der Waals surface area contributed by atoms with Gasteiger partial charge in [0.1, 0.15) is 0 Å². The topological polar surface area (TPSA) is 80.1 Å². The molecule has 0 aliphatic carbocycles.